The maximum Gasteiger partial charge on any atom is 0.232 e. The molecule has 1 aliphatic rings. The first kappa shape index (κ1) is 19.7. The van der Waals surface area contributed by atoms with E-state index >= 15 is 0 Å². The molecule has 0 spiro atoms. The number of thioether (sulfide) groups is 1. The number of sulfonamides is 1. The molecule has 0 saturated heterocycles. The average molecular weight is 433 g/mol. The Morgan fingerprint density at radius 1 is 1.28 bits per heavy atom. The van der Waals surface area contributed by atoms with Gasteiger partial charge in [0.1, 0.15) is 5.76 Å². The molecular formula is C19H20N4O4S2. The summed E-state index contributed by atoms with van der Waals surface area (Å²) in [7, 11) is -1.45. The molecule has 152 valence electrons. The fourth-order valence-electron chi connectivity index (χ4n) is 3.39. The van der Waals surface area contributed by atoms with Crippen molar-refractivity contribution in [1.82, 2.24) is 14.8 Å². The van der Waals surface area contributed by atoms with E-state index in [2.05, 4.69) is 10.2 Å². The highest BCUT2D eigenvalue weighted by molar-refractivity contribution is 7.99. The maximum atomic E-state index is 12.7. The Hall–Kier alpha value is -2.59. The Balaban J connectivity index is 1.48. The van der Waals surface area contributed by atoms with Gasteiger partial charge in [0.2, 0.25) is 10.0 Å². The summed E-state index contributed by atoms with van der Waals surface area (Å²) in [5.74, 6) is 1.61. The van der Waals surface area contributed by atoms with Crippen LogP contribution in [-0.4, -0.2) is 47.5 Å². The van der Waals surface area contributed by atoms with E-state index in [-0.39, 0.29) is 11.5 Å². The molecule has 10 heteroatoms. The van der Waals surface area contributed by atoms with E-state index in [0.29, 0.717) is 35.2 Å². The van der Waals surface area contributed by atoms with Crippen molar-refractivity contribution < 1.29 is 17.6 Å². The van der Waals surface area contributed by atoms with Crippen LogP contribution in [-0.2, 0) is 23.5 Å². The lowest BCUT2D eigenvalue weighted by molar-refractivity contribution is 0.102. The number of hydrogen-bond acceptors (Lipinski definition) is 7. The SMILES string of the molecule is Cc1occc1-c1nnc(SCC(=O)c2ccc3c(c2)CCN3S(C)(=O)=O)n1C. The van der Waals surface area contributed by atoms with Gasteiger partial charge in [0.05, 0.1) is 29.5 Å². The number of furan rings is 1. The highest BCUT2D eigenvalue weighted by atomic mass is 32.2. The minimum absolute atomic E-state index is 0.0420. The quantitative estimate of drug-likeness (QED) is 0.436. The van der Waals surface area contributed by atoms with Crippen molar-refractivity contribution in [2.24, 2.45) is 7.05 Å². The second kappa shape index (κ2) is 7.34. The number of nitrogens with zero attached hydrogens (tertiary/aromatic N) is 4. The highest BCUT2D eigenvalue weighted by Crippen LogP contribution is 2.31. The van der Waals surface area contributed by atoms with Gasteiger partial charge in [-0.25, -0.2) is 8.42 Å². The molecule has 1 aliphatic heterocycles. The van der Waals surface area contributed by atoms with E-state index in [0.717, 1.165) is 16.9 Å². The van der Waals surface area contributed by atoms with E-state index in [1.54, 1.807) is 24.5 Å². The zero-order valence-electron chi connectivity index (χ0n) is 16.2. The molecule has 0 unspecified atom stereocenters. The van der Waals surface area contributed by atoms with Crippen molar-refractivity contribution in [2.75, 3.05) is 22.9 Å². The normalized spacial score (nSPS) is 13.7. The number of Topliss-reactive ketones (excluding diaryl/α,β-unsaturated/α-hetero) is 1. The van der Waals surface area contributed by atoms with Crippen LogP contribution in [0.25, 0.3) is 11.4 Å². The number of anilines is 1. The summed E-state index contributed by atoms with van der Waals surface area (Å²) in [5, 5.41) is 9.03. The second-order valence-corrected chi connectivity index (χ2v) is 9.75. The monoisotopic (exact) mass is 432 g/mol. The smallest absolute Gasteiger partial charge is 0.232 e. The van der Waals surface area contributed by atoms with Crippen molar-refractivity contribution in [2.45, 2.75) is 18.5 Å². The molecular weight excluding hydrogens is 412 g/mol. The van der Waals surface area contributed by atoms with Crippen LogP contribution < -0.4 is 4.31 Å². The fraction of sp³-hybridized carbons (Fsp3) is 0.316. The topological polar surface area (TPSA) is 98.3 Å². The van der Waals surface area contributed by atoms with E-state index in [1.807, 2.05) is 24.6 Å². The summed E-state index contributed by atoms with van der Waals surface area (Å²) in [4.78, 5) is 12.7. The summed E-state index contributed by atoms with van der Waals surface area (Å²) in [5.41, 5.74) is 2.97. The molecule has 0 N–H and O–H groups in total. The Kier molecular flexibility index (Phi) is 4.99. The predicted molar refractivity (Wildman–Crippen MR) is 111 cm³/mol. The van der Waals surface area contributed by atoms with Crippen LogP contribution in [0.1, 0.15) is 21.7 Å². The minimum Gasteiger partial charge on any atom is -0.469 e. The number of carbonyl (C=O) groups excluding carboxylic acids is 1. The molecule has 8 nitrogen and oxygen atoms in total. The first-order chi connectivity index (χ1) is 13.8. The summed E-state index contributed by atoms with van der Waals surface area (Å²) >= 11 is 1.31. The summed E-state index contributed by atoms with van der Waals surface area (Å²) < 4.78 is 32.2. The zero-order chi connectivity index (χ0) is 20.8. The molecule has 0 saturated carbocycles. The number of hydrogen-bond donors (Lipinski definition) is 0. The largest absolute Gasteiger partial charge is 0.469 e. The third-order valence-electron chi connectivity index (χ3n) is 4.92. The van der Waals surface area contributed by atoms with Gasteiger partial charge in [-0.1, -0.05) is 11.8 Å². The minimum atomic E-state index is -3.30. The molecule has 0 atom stereocenters. The van der Waals surface area contributed by atoms with Crippen molar-refractivity contribution in [1.29, 1.82) is 0 Å². The summed E-state index contributed by atoms with van der Waals surface area (Å²) in [6.45, 7) is 2.27. The third-order valence-corrected chi connectivity index (χ3v) is 7.12. The number of benzene rings is 1. The van der Waals surface area contributed by atoms with Crippen LogP contribution in [0, 0.1) is 6.92 Å². The molecule has 0 fully saturated rings. The molecule has 0 aliphatic carbocycles. The van der Waals surface area contributed by atoms with E-state index in [9.17, 15) is 13.2 Å². The summed E-state index contributed by atoms with van der Waals surface area (Å²) in [6, 6.07) is 7.02. The van der Waals surface area contributed by atoms with Gasteiger partial charge >= 0.3 is 0 Å². The lowest BCUT2D eigenvalue weighted by atomic mass is 10.1. The fourth-order valence-corrected chi connectivity index (χ4v) is 5.16. The molecule has 0 bridgehead atoms. The van der Waals surface area contributed by atoms with Crippen molar-refractivity contribution in [3.8, 4) is 11.4 Å². The van der Waals surface area contributed by atoms with E-state index in [1.165, 1.54) is 22.3 Å². The number of aryl methyl sites for hydroxylation is 1. The van der Waals surface area contributed by atoms with E-state index < -0.39 is 10.0 Å². The van der Waals surface area contributed by atoms with Gasteiger partial charge in [0.15, 0.2) is 16.8 Å². The van der Waals surface area contributed by atoms with Gasteiger partial charge in [-0.05, 0) is 43.2 Å². The lowest BCUT2D eigenvalue weighted by Gasteiger charge is -2.16. The van der Waals surface area contributed by atoms with Gasteiger partial charge in [-0.3, -0.25) is 9.10 Å². The second-order valence-electron chi connectivity index (χ2n) is 6.90. The number of carbonyl (C=O) groups is 1. The van der Waals surface area contributed by atoms with Crippen molar-refractivity contribution in [3.63, 3.8) is 0 Å². The molecule has 0 amide bonds. The molecule has 1 aromatic carbocycles. The van der Waals surface area contributed by atoms with Crippen molar-refractivity contribution >= 4 is 33.3 Å². The van der Waals surface area contributed by atoms with Crippen LogP contribution >= 0.6 is 11.8 Å². The van der Waals surface area contributed by atoms with Gasteiger partial charge in [0, 0.05) is 19.2 Å². The number of rotatable bonds is 6. The van der Waals surface area contributed by atoms with Gasteiger partial charge in [-0.2, -0.15) is 0 Å². The Labute approximate surface area is 173 Å². The summed E-state index contributed by atoms with van der Waals surface area (Å²) in [6.07, 6.45) is 3.40. The molecule has 2 aromatic heterocycles. The Morgan fingerprint density at radius 2 is 2.07 bits per heavy atom. The van der Waals surface area contributed by atoms with E-state index in [4.69, 9.17) is 4.42 Å². The van der Waals surface area contributed by atoms with Crippen LogP contribution in [0.5, 0.6) is 0 Å². The zero-order valence-corrected chi connectivity index (χ0v) is 17.9. The van der Waals surface area contributed by atoms with Gasteiger partial charge in [-0.15, -0.1) is 10.2 Å². The maximum absolute atomic E-state index is 12.7. The first-order valence-electron chi connectivity index (χ1n) is 8.96. The molecule has 3 heterocycles. The molecule has 4 rings (SSSR count). The highest BCUT2D eigenvalue weighted by Gasteiger charge is 2.27. The Morgan fingerprint density at radius 3 is 2.76 bits per heavy atom. The molecule has 0 radical (unpaired) electrons. The molecule has 3 aromatic rings. The third kappa shape index (κ3) is 3.69. The standard InChI is InChI=1S/C19H20N4O4S2/c1-12-15(7-9-27-12)18-20-21-19(22(18)2)28-11-17(24)14-4-5-16-13(10-14)6-8-23(16)29(3,25)26/h4-5,7,9-10H,6,8,11H2,1-3H3. The van der Waals surface area contributed by atoms with Crippen LogP contribution in [0.15, 0.2) is 40.1 Å². The van der Waals surface area contributed by atoms with Gasteiger partial charge < -0.3 is 8.98 Å². The van der Waals surface area contributed by atoms with Gasteiger partial charge in [0.25, 0.3) is 0 Å². The predicted octanol–water partition coefficient (Wildman–Crippen LogP) is 2.68. The van der Waals surface area contributed by atoms with Crippen LogP contribution in [0.3, 0.4) is 0 Å². The van der Waals surface area contributed by atoms with Crippen LogP contribution in [0.2, 0.25) is 0 Å². The number of aromatic nitrogens is 3. The van der Waals surface area contributed by atoms with Crippen LogP contribution in [0.4, 0.5) is 5.69 Å². The van der Waals surface area contributed by atoms with Crippen molar-refractivity contribution in [3.05, 3.63) is 47.4 Å². The Bertz CT molecular complexity index is 1200. The molecule has 29 heavy (non-hydrogen) atoms. The average Bonchev–Trinajstić information content (AvgIpc) is 3.37. The first-order valence-corrected chi connectivity index (χ1v) is 11.8. The lowest BCUT2D eigenvalue weighted by Crippen LogP contribution is -2.27. The number of ketones is 1. The number of fused-ring (bicyclic) bond motifs is 1.